The molecule has 1 saturated heterocycles. The first-order chi connectivity index (χ1) is 16.3. The van der Waals surface area contributed by atoms with E-state index in [1.54, 1.807) is 6.07 Å². The summed E-state index contributed by atoms with van der Waals surface area (Å²) in [6.07, 6.45) is 3.57. The first-order valence-corrected chi connectivity index (χ1v) is 12.3. The minimum absolute atomic E-state index is 0.00999. The average Bonchev–Trinajstić information content (AvgIpc) is 3.16. The summed E-state index contributed by atoms with van der Waals surface area (Å²) in [6, 6.07) is 8.68. The molecule has 0 bridgehead atoms. The minimum Gasteiger partial charge on any atom is -0.497 e. The zero-order valence-corrected chi connectivity index (χ0v) is 20.2. The molecule has 11 heteroatoms. The highest BCUT2D eigenvalue weighted by Gasteiger charge is 2.27. The Morgan fingerprint density at radius 1 is 0.794 bits per heavy atom. The van der Waals surface area contributed by atoms with Crippen LogP contribution in [0.15, 0.2) is 41.3 Å². The fourth-order valence-corrected chi connectivity index (χ4v) is 5.19. The van der Waals surface area contributed by atoms with Crippen LogP contribution in [0, 0.1) is 0 Å². The normalized spacial score (nSPS) is 14.6. The molecule has 2 N–H and O–H groups in total. The maximum Gasteiger partial charge on any atom is 0.273 e. The summed E-state index contributed by atoms with van der Waals surface area (Å²) in [5.41, 5.74) is 4.79. The van der Waals surface area contributed by atoms with Crippen molar-refractivity contribution in [2.75, 3.05) is 34.4 Å². The van der Waals surface area contributed by atoms with E-state index >= 15 is 0 Å². The lowest BCUT2D eigenvalue weighted by Gasteiger charge is -2.20. The number of carbonyl (C=O) groups is 2. The van der Waals surface area contributed by atoms with E-state index in [1.807, 2.05) is 0 Å². The number of sulfonamides is 1. The molecule has 0 radical (unpaired) electrons. The third kappa shape index (κ3) is 5.78. The lowest BCUT2D eigenvalue weighted by Crippen LogP contribution is -2.41. The molecule has 1 aliphatic rings. The number of carbonyl (C=O) groups excluding carboxylic acids is 2. The Bertz CT molecular complexity index is 1120. The molecular formula is C23H29N3O7S. The third-order valence-corrected chi connectivity index (χ3v) is 7.42. The largest absolute Gasteiger partial charge is 0.497 e. The molecule has 1 heterocycles. The second-order valence-corrected chi connectivity index (χ2v) is 9.63. The van der Waals surface area contributed by atoms with Gasteiger partial charge in [-0.05, 0) is 43.2 Å². The quantitative estimate of drug-likeness (QED) is 0.570. The predicted octanol–water partition coefficient (Wildman–Crippen LogP) is 2.35. The first-order valence-electron chi connectivity index (χ1n) is 10.8. The zero-order valence-electron chi connectivity index (χ0n) is 19.4. The maximum atomic E-state index is 13.1. The molecule has 0 aliphatic carbocycles. The summed E-state index contributed by atoms with van der Waals surface area (Å²) in [5.74, 6) is -0.358. The number of hydrogen-bond acceptors (Lipinski definition) is 7. The van der Waals surface area contributed by atoms with Crippen molar-refractivity contribution in [1.82, 2.24) is 15.2 Å². The lowest BCUT2D eigenvalue weighted by molar-refractivity contribution is 0.0844. The molecule has 2 aromatic rings. The summed E-state index contributed by atoms with van der Waals surface area (Å²) >= 11 is 0. The van der Waals surface area contributed by atoms with E-state index in [-0.39, 0.29) is 21.8 Å². The summed E-state index contributed by atoms with van der Waals surface area (Å²) in [6.45, 7) is 0.881. The van der Waals surface area contributed by atoms with Crippen molar-refractivity contribution in [3.8, 4) is 17.2 Å². The standard InChI is InChI=1S/C23H29N3O7S/c1-31-17-12-16(13-18(14-17)32-2)22(27)24-25-23(28)20-15-19(8-9-21(20)33-3)34(29,30)26-10-6-4-5-7-11-26/h8-9,12-15H,4-7,10-11H2,1-3H3,(H,24,27)(H,25,28). The van der Waals surface area contributed by atoms with E-state index in [2.05, 4.69) is 10.9 Å². The van der Waals surface area contributed by atoms with Crippen LogP contribution in [-0.4, -0.2) is 59.0 Å². The summed E-state index contributed by atoms with van der Waals surface area (Å²) in [4.78, 5) is 25.4. The van der Waals surface area contributed by atoms with Crippen molar-refractivity contribution in [1.29, 1.82) is 0 Å². The number of hydrogen-bond donors (Lipinski definition) is 2. The molecular weight excluding hydrogens is 462 g/mol. The summed E-state index contributed by atoms with van der Waals surface area (Å²) in [5, 5.41) is 0. The number of nitrogens with zero attached hydrogens (tertiary/aromatic N) is 1. The van der Waals surface area contributed by atoms with Crippen molar-refractivity contribution in [2.24, 2.45) is 0 Å². The maximum absolute atomic E-state index is 13.1. The van der Waals surface area contributed by atoms with E-state index in [1.165, 1.54) is 56.0 Å². The Morgan fingerprint density at radius 2 is 1.38 bits per heavy atom. The third-order valence-electron chi connectivity index (χ3n) is 5.52. The van der Waals surface area contributed by atoms with Crippen LogP contribution >= 0.6 is 0 Å². The minimum atomic E-state index is -3.77. The molecule has 1 fully saturated rings. The van der Waals surface area contributed by atoms with Gasteiger partial charge in [-0.1, -0.05) is 12.8 Å². The molecule has 0 aromatic heterocycles. The number of hydrazine groups is 1. The van der Waals surface area contributed by atoms with Gasteiger partial charge in [0.25, 0.3) is 11.8 Å². The average molecular weight is 492 g/mol. The van der Waals surface area contributed by atoms with Crippen LogP contribution < -0.4 is 25.1 Å². The molecule has 0 spiro atoms. The van der Waals surface area contributed by atoms with E-state index in [9.17, 15) is 18.0 Å². The molecule has 3 rings (SSSR count). The van der Waals surface area contributed by atoms with Crippen LogP contribution in [0.4, 0.5) is 0 Å². The van der Waals surface area contributed by atoms with Gasteiger partial charge in [0.15, 0.2) is 0 Å². The number of rotatable bonds is 7. The number of benzene rings is 2. The number of ether oxygens (including phenoxy) is 3. The van der Waals surface area contributed by atoms with Crippen molar-refractivity contribution in [3.05, 3.63) is 47.5 Å². The van der Waals surface area contributed by atoms with Gasteiger partial charge in [0.05, 0.1) is 31.8 Å². The highest BCUT2D eigenvalue weighted by atomic mass is 32.2. The fraction of sp³-hybridized carbons (Fsp3) is 0.391. The highest BCUT2D eigenvalue weighted by molar-refractivity contribution is 7.89. The van der Waals surface area contributed by atoms with Gasteiger partial charge in [0.2, 0.25) is 10.0 Å². The summed E-state index contributed by atoms with van der Waals surface area (Å²) < 4.78 is 43.3. The SMILES string of the molecule is COc1cc(OC)cc(C(=O)NNC(=O)c2cc(S(=O)(=O)N3CCCCCC3)ccc2OC)c1. The Labute approximate surface area is 199 Å². The molecule has 1 aliphatic heterocycles. The van der Waals surface area contributed by atoms with Crippen molar-refractivity contribution >= 4 is 21.8 Å². The van der Waals surface area contributed by atoms with Crippen molar-refractivity contribution in [3.63, 3.8) is 0 Å². The van der Waals surface area contributed by atoms with Crippen LogP contribution in [0.5, 0.6) is 17.2 Å². The smallest absolute Gasteiger partial charge is 0.273 e. The second-order valence-electron chi connectivity index (χ2n) is 7.69. The second kappa shape index (κ2) is 11.2. The Morgan fingerprint density at radius 3 is 1.94 bits per heavy atom. The van der Waals surface area contributed by atoms with Gasteiger partial charge in [0.1, 0.15) is 17.2 Å². The summed E-state index contributed by atoms with van der Waals surface area (Å²) in [7, 11) is 0.509. The van der Waals surface area contributed by atoms with E-state index in [0.717, 1.165) is 25.7 Å². The van der Waals surface area contributed by atoms with Crippen molar-refractivity contribution < 1.29 is 32.2 Å². The van der Waals surface area contributed by atoms with Gasteiger partial charge in [-0.2, -0.15) is 4.31 Å². The lowest BCUT2D eigenvalue weighted by atomic mass is 10.2. The molecule has 0 atom stereocenters. The van der Waals surface area contributed by atoms with Crippen molar-refractivity contribution in [2.45, 2.75) is 30.6 Å². The molecule has 34 heavy (non-hydrogen) atoms. The van der Waals surface area contributed by atoms with Crippen LogP contribution in [0.1, 0.15) is 46.4 Å². The molecule has 184 valence electrons. The zero-order chi connectivity index (χ0) is 24.7. The van der Waals surface area contributed by atoms with Gasteiger partial charge >= 0.3 is 0 Å². The number of amides is 2. The molecule has 10 nitrogen and oxygen atoms in total. The van der Waals surface area contributed by atoms with Crippen LogP contribution in [0.3, 0.4) is 0 Å². The first kappa shape index (κ1) is 25.3. The molecule has 2 aromatic carbocycles. The van der Waals surface area contributed by atoms with Crippen LogP contribution in [0.25, 0.3) is 0 Å². The Kier molecular flexibility index (Phi) is 8.35. The number of nitrogens with one attached hydrogen (secondary N) is 2. The van der Waals surface area contributed by atoms with Gasteiger partial charge < -0.3 is 14.2 Å². The fourth-order valence-electron chi connectivity index (χ4n) is 3.65. The Hall–Kier alpha value is -3.31. The van der Waals surface area contributed by atoms with Crippen LogP contribution in [0.2, 0.25) is 0 Å². The van der Waals surface area contributed by atoms with E-state index < -0.39 is 21.8 Å². The molecule has 0 unspecified atom stereocenters. The van der Waals surface area contributed by atoms with E-state index in [4.69, 9.17) is 14.2 Å². The van der Waals surface area contributed by atoms with Gasteiger partial charge in [0, 0.05) is 24.7 Å². The van der Waals surface area contributed by atoms with E-state index in [0.29, 0.717) is 24.6 Å². The monoisotopic (exact) mass is 491 g/mol. The predicted molar refractivity (Wildman–Crippen MR) is 125 cm³/mol. The number of methoxy groups -OCH3 is 3. The molecule has 0 saturated carbocycles. The van der Waals surface area contributed by atoms with Gasteiger partial charge in [-0.3, -0.25) is 20.4 Å². The highest BCUT2D eigenvalue weighted by Crippen LogP contribution is 2.26. The van der Waals surface area contributed by atoms with Gasteiger partial charge in [-0.25, -0.2) is 8.42 Å². The Balaban J connectivity index is 1.79. The molecule has 2 amide bonds. The van der Waals surface area contributed by atoms with Crippen LogP contribution in [-0.2, 0) is 10.0 Å². The topological polar surface area (TPSA) is 123 Å². The van der Waals surface area contributed by atoms with Gasteiger partial charge in [-0.15, -0.1) is 0 Å².